The fourth-order valence-electron chi connectivity index (χ4n) is 4.73. The number of halogens is 1. The summed E-state index contributed by atoms with van der Waals surface area (Å²) in [4.78, 5) is 12.5. The van der Waals surface area contributed by atoms with Gasteiger partial charge in [-0.3, -0.25) is 5.41 Å². The zero-order valence-corrected chi connectivity index (χ0v) is 23.6. The van der Waals surface area contributed by atoms with Gasteiger partial charge in [0.05, 0.1) is 39.8 Å². The van der Waals surface area contributed by atoms with E-state index in [-0.39, 0.29) is 24.0 Å². The van der Waals surface area contributed by atoms with E-state index in [2.05, 4.69) is 9.97 Å². The lowest BCUT2D eigenvalue weighted by Crippen LogP contribution is -2.23. The molecular formula is C29H36ClN5O4. The quantitative estimate of drug-likeness (QED) is 0.268. The third-order valence-electron chi connectivity index (χ3n) is 7.03. The third-order valence-corrected chi connectivity index (χ3v) is 7.03. The molecule has 1 saturated carbocycles. The minimum absolute atomic E-state index is 0. The number of aromatic amines is 1. The molecule has 0 atom stereocenters. The number of H-pyrrole nitrogens is 1. The van der Waals surface area contributed by atoms with Crippen molar-refractivity contribution in [2.24, 2.45) is 0 Å². The lowest BCUT2D eigenvalue weighted by molar-refractivity contribution is -0.0393. The van der Waals surface area contributed by atoms with Crippen molar-refractivity contribution >= 4 is 23.6 Å². The first kappa shape index (κ1) is 28.4. The Morgan fingerprint density at radius 2 is 1.72 bits per heavy atom. The second kappa shape index (κ2) is 12.1. The van der Waals surface area contributed by atoms with Gasteiger partial charge in [-0.2, -0.15) is 0 Å². The van der Waals surface area contributed by atoms with E-state index < -0.39 is 5.60 Å². The molecule has 5 rings (SSSR count). The largest absolute Gasteiger partial charge is 0.497 e. The minimum atomic E-state index is -0.717. The number of fused-ring (bicyclic) bond motifs is 1. The van der Waals surface area contributed by atoms with Gasteiger partial charge in [-0.15, -0.1) is 12.4 Å². The molecule has 1 aliphatic carbocycles. The van der Waals surface area contributed by atoms with Crippen LogP contribution in [0.4, 0.5) is 0 Å². The molecule has 1 fully saturated rings. The van der Waals surface area contributed by atoms with E-state index in [1.165, 1.54) is 12.8 Å². The van der Waals surface area contributed by atoms with E-state index in [1.54, 1.807) is 20.5 Å². The Labute approximate surface area is 234 Å². The molecule has 0 unspecified atom stereocenters. The molecule has 0 radical (unpaired) electrons. The van der Waals surface area contributed by atoms with Crippen LogP contribution < -0.4 is 19.7 Å². The van der Waals surface area contributed by atoms with Crippen molar-refractivity contribution in [3.05, 3.63) is 71.2 Å². The van der Waals surface area contributed by atoms with E-state index >= 15 is 0 Å². The first-order valence-electron chi connectivity index (χ1n) is 13.0. The van der Waals surface area contributed by atoms with Gasteiger partial charge >= 0.3 is 0 Å². The molecule has 0 spiro atoms. The molecule has 4 aromatic rings. The number of aromatic nitrogens is 4. The highest BCUT2D eigenvalue weighted by molar-refractivity contribution is 5.85. The van der Waals surface area contributed by atoms with E-state index in [9.17, 15) is 0 Å². The number of nitrogens with zero attached hydrogens (tertiary/aromatic N) is 3. The number of methoxy groups -OCH3 is 2. The van der Waals surface area contributed by atoms with Crippen LogP contribution in [0.15, 0.2) is 48.8 Å². The second-order valence-electron chi connectivity index (χ2n) is 10.2. The molecular weight excluding hydrogens is 518 g/mol. The van der Waals surface area contributed by atoms with Crippen LogP contribution in [0, 0.1) is 5.41 Å². The average molecular weight is 554 g/mol. The first-order chi connectivity index (χ1) is 18.4. The molecule has 2 aromatic heterocycles. The lowest BCUT2D eigenvalue weighted by atomic mass is 10.1. The highest BCUT2D eigenvalue weighted by Crippen LogP contribution is 2.33. The summed E-state index contributed by atoms with van der Waals surface area (Å²) in [6.45, 7) is 4.86. The Morgan fingerprint density at radius 3 is 2.41 bits per heavy atom. The van der Waals surface area contributed by atoms with Crippen LogP contribution in [0.5, 0.6) is 17.2 Å². The molecule has 2 heterocycles. The van der Waals surface area contributed by atoms with Crippen LogP contribution in [0.2, 0.25) is 0 Å². The Hall–Kier alpha value is -3.56. The molecule has 2 N–H and O–H groups in total. The van der Waals surface area contributed by atoms with Crippen LogP contribution in [-0.2, 0) is 23.5 Å². The Bertz CT molecular complexity index is 1460. The van der Waals surface area contributed by atoms with Crippen molar-refractivity contribution < 1.29 is 18.9 Å². The topological polar surface area (TPSA) is 107 Å². The average Bonchev–Trinajstić information content (AvgIpc) is 3.61. The van der Waals surface area contributed by atoms with Crippen molar-refractivity contribution in [1.82, 2.24) is 19.5 Å². The number of hydrogen-bond acceptors (Lipinski definition) is 7. The lowest BCUT2D eigenvalue weighted by Gasteiger charge is -2.23. The van der Waals surface area contributed by atoms with Crippen LogP contribution in [-0.4, -0.2) is 39.8 Å². The van der Waals surface area contributed by atoms with Crippen LogP contribution in [0.25, 0.3) is 11.2 Å². The summed E-state index contributed by atoms with van der Waals surface area (Å²) in [5, 5.41) is 8.36. The Balaban J connectivity index is 0.00000353. The number of nitrogens with one attached hydrogen (secondary N) is 2. The molecule has 2 aromatic carbocycles. The van der Waals surface area contributed by atoms with Crippen LogP contribution in [0.1, 0.15) is 56.5 Å². The molecule has 1 aliphatic rings. The SMILES string of the molecule is COc1ccc(COC(C)(C)c2nc3c([nH]2)c(=N)ncn3Cc2ccc(OC)c(OC3CCCC3)c2)cc1.Cl. The fourth-order valence-corrected chi connectivity index (χ4v) is 4.73. The monoisotopic (exact) mass is 553 g/mol. The van der Waals surface area contributed by atoms with Gasteiger partial charge < -0.3 is 28.5 Å². The molecule has 0 saturated heterocycles. The van der Waals surface area contributed by atoms with Gasteiger partial charge in [-0.05, 0) is 74.9 Å². The predicted octanol–water partition coefficient (Wildman–Crippen LogP) is 5.50. The smallest absolute Gasteiger partial charge is 0.173 e. The number of imidazole rings is 1. The summed E-state index contributed by atoms with van der Waals surface area (Å²) in [6.07, 6.45) is 6.44. The zero-order valence-electron chi connectivity index (χ0n) is 22.8. The molecule has 9 nitrogen and oxygen atoms in total. The summed E-state index contributed by atoms with van der Waals surface area (Å²) in [7, 11) is 3.31. The summed E-state index contributed by atoms with van der Waals surface area (Å²) in [6, 6.07) is 13.8. The van der Waals surface area contributed by atoms with Gasteiger partial charge in [0.2, 0.25) is 0 Å². The maximum atomic E-state index is 8.36. The maximum Gasteiger partial charge on any atom is 0.173 e. The highest BCUT2D eigenvalue weighted by atomic mass is 35.5. The van der Waals surface area contributed by atoms with Crippen LogP contribution in [0.3, 0.4) is 0 Å². The van der Waals surface area contributed by atoms with Crippen LogP contribution >= 0.6 is 12.4 Å². The molecule has 39 heavy (non-hydrogen) atoms. The first-order valence-corrected chi connectivity index (χ1v) is 13.0. The number of rotatable bonds is 10. The number of hydrogen-bond donors (Lipinski definition) is 2. The number of ether oxygens (including phenoxy) is 4. The predicted molar refractivity (Wildman–Crippen MR) is 151 cm³/mol. The molecule has 0 bridgehead atoms. The normalized spacial score (nSPS) is 13.8. The van der Waals surface area contributed by atoms with Crippen molar-refractivity contribution in [3.8, 4) is 17.2 Å². The highest BCUT2D eigenvalue weighted by Gasteiger charge is 2.27. The standard InChI is InChI=1S/C29H35N5O4.ClH/c1-29(2,37-17-19-9-12-21(35-3)13-10-19)28-32-25-26(30)31-18-34(27(25)33-28)16-20-11-14-23(36-4)24(15-20)38-22-7-5-6-8-22;/h9-15,18,22,30H,5-8,16-17H2,1-4H3,(H,32,33);1H. The summed E-state index contributed by atoms with van der Waals surface area (Å²) < 4.78 is 25.3. The van der Waals surface area contributed by atoms with Gasteiger partial charge in [0, 0.05) is 0 Å². The van der Waals surface area contributed by atoms with E-state index in [0.29, 0.717) is 30.1 Å². The Kier molecular flexibility index (Phi) is 8.82. The summed E-state index contributed by atoms with van der Waals surface area (Å²) >= 11 is 0. The van der Waals surface area contributed by atoms with Crippen molar-refractivity contribution in [2.45, 2.75) is 64.4 Å². The van der Waals surface area contributed by atoms with E-state index in [4.69, 9.17) is 29.3 Å². The summed E-state index contributed by atoms with van der Waals surface area (Å²) in [5.74, 6) is 2.93. The van der Waals surface area contributed by atoms with Gasteiger partial charge in [0.1, 0.15) is 22.7 Å². The molecule has 0 aliphatic heterocycles. The van der Waals surface area contributed by atoms with E-state index in [0.717, 1.165) is 41.2 Å². The third kappa shape index (κ3) is 6.37. The zero-order chi connectivity index (χ0) is 26.7. The van der Waals surface area contributed by atoms with Crippen molar-refractivity contribution in [3.63, 3.8) is 0 Å². The maximum absolute atomic E-state index is 8.36. The Morgan fingerprint density at radius 1 is 1.00 bits per heavy atom. The van der Waals surface area contributed by atoms with Gasteiger partial charge in [-0.25, -0.2) is 9.97 Å². The van der Waals surface area contributed by atoms with Gasteiger partial charge in [0.15, 0.2) is 22.6 Å². The fraction of sp³-hybridized carbons (Fsp3) is 0.414. The number of benzene rings is 2. The van der Waals surface area contributed by atoms with Gasteiger partial charge in [0.25, 0.3) is 0 Å². The van der Waals surface area contributed by atoms with Gasteiger partial charge in [-0.1, -0.05) is 18.2 Å². The minimum Gasteiger partial charge on any atom is -0.497 e. The summed E-state index contributed by atoms with van der Waals surface area (Å²) in [5.41, 5.74) is 2.70. The van der Waals surface area contributed by atoms with E-state index in [1.807, 2.05) is 60.9 Å². The second-order valence-corrected chi connectivity index (χ2v) is 10.2. The molecule has 208 valence electrons. The van der Waals surface area contributed by atoms with Crippen molar-refractivity contribution in [1.29, 1.82) is 5.41 Å². The molecule has 0 amide bonds. The van der Waals surface area contributed by atoms with Crippen molar-refractivity contribution in [2.75, 3.05) is 14.2 Å². The molecule has 10 heteroatoms.